The first kappa shape index (κ1) is 16.4. The van der Waals surface area contributed by atoms with Gasteiger partial charge in [0.25, 0.3) is 0 Å². The fraction of sp³-hybridized carbons (Fsp3) is 0.571. The number of rotatable bonds is 13. The zero-order valence-corrected chi connectivity index (χ0v) is 11.1. The zero-order valence-electron chi connectivity index (χ0n) is 11.1. The minimum absolute atomic E-state index is 0.752. The van der Waals surface area contributed by atoms with Crippen LogP contribution in [0.5, 0.6) is 0 Å². The Kier molecular flexibility index (Phi) is 10.8. The van der Waals surface area contributed by atoms with Gasteiger partial charge in [-0.25, -0.2) is 0 Å². The molecule has 102 valence electrons. The molecule has 0 aromatic carbocycles. The standard InChI is InChI=1S/C14H24N2O2/c1-3-15(13-17)11-9-7-5-6-8-10-12-16(4-2)14-18/h3-4,13-14H,1-2,5-12H2. The zero-order chi connectivity index (χ0) is 13.6. The molecular formula is C14H24N2O2. The number of carbonyl (C=O) groups is 2. The van der Waals surface area contributed by atoms with E-state index in [4.69, 9.17) is 0 Å². The lowest BCUT2D eigenvalue weighted by Gasteiger charge is -2.11. The molecule has 0 fully saturated rings. The Morgan fingerprint density at radius 3 is 1.28 bits per heavy atom. The maximum Gasteiger partial charge on any atom is 0.213 e. The van der Waals surface area contributed by atoms with Crippen molar-refractivity contribution in [3.8, 4) is 0 Å². The molecule has 0 saturated heterocycles. The quantitative estimate of drug-likeness (QED) is 0.373. The predicted molar refractivity (Wildman–Crippen MR) is 73.6 cm³/mol. The Bertz CT molecular complexity index is 212. The van der Waals surface area contributed by atoms with E-state index < -0.39 is 0 Å². The lowest BCUT2D eigenvalue weighted by atomic mass is 10.1. The fourth-order valence-electron chi connectivity index (χ4n) is 1.67. The molecule has 4 nitrogen and oxygen atoms in total. The molecule has 0 heterocycles. The fourth-order valence-corrected chi connectivity index (χ4v) is 1.67. The van der Waals surface area contributed by atoms with Crippen LogP contribution in [0.25, 0.3) is 0 Å². The molecule has 0 saturated carbocycles. The third-order valence-electron chi connectivity index (χ3n) is 2.82. The summed E-state index contributed by atoms with van der Waals surface area (Å²) in [7, 11) is 0. The molecule has 0 bridgehead atoms. The maximum atomic E-state index is 10.5. The van der Waals surface area contributed by atoms with E-state index in [1.54, 1.807) is 22.2 Å². The Balaban J connectivity index is 3.30. The van der Waals surface area contributed by atoms with Crippen molar-refractivity contribution in [2.45, 2.75) is 38.5 Å². The summed E-state index contributed by atoms with van der Waals surface area (Å²) in [5.74, 6) is 0. The molecule has 0 aromatic rings. The van der Waals surface area contributed by atoms with Crippen LogP contribution in [0.4, 0.5) is 0 Å². The summed E-state index contributed by atoms with van der Waals surface area (Å²) in [4.78, 5) is 24.1. The first-order chi connectivity index (χ1) is 8.78. The molecule has 0 aliphatic heterocycles. The Morgan fingerprint density at radius 2 is 1.00 bits per heavy atom. The summed E-state index contributed by atoms with van der Waals surface area (Å²) in [5, 5.41) is 0. The summed E-state index contributed by atoms with van der Waals surface area (Å²) in [5.41, 5.74) is 0. The highest BCUT2D eigenvalue weighted by molar-refractivity contribution is 5.48. The van der Waals surface area contributed by atoms with Gasteiger partial charge in [-0.15, -0.1) is 0 Å². The van der Waals surface area contributed by atoms with Gasteiger partial charge in [0.2, 0.25) is 12.8 Å². The highest BCUT2D eigenvalue weighted by Crippen LogP contribution is 2.06. The normalized spacial score (nSPS) is 9.56. The van der Waals surface area contributed by atoms with E-state index in [1.165, 1.54) is 12.8 Å². The van der Waals surface area contributed by atoms with Gasteiger partial charge in [0.05, 0.1) is 0 Å². The summed E-state index contributed by atoms with van der Waals surface area (Å²) in [6.45, 7) is 8.62. The van der Waals surface area contributed by atoms with E-state index in [1.807, 2.05) is 0 Å². The van der Waals surface area contributed by atoms with Crippen molar-refractivity contribution in [3.63, 3.8) is 0 Å². The molecule has 0 aliphatic carbocycles. The molecule has 0 radical (unpaired) electrons. The predicted octanol–water partition coefficient (Wildman–Crippen LogP) is 2.53. The molecule has 0 spiro atoms. The van der Waals surface area contributed by atoms with Crippen LogP contribution >= 0.6 is 0 Å². The number of nitrogens with zero attached hydrogens (tertiary/aromatic N) is 2. The van der Waals surface area contributed by atoms with Gasteiger partial charge in [0.15, 0.2) is 0 Å². The van der Waals surface area contributed by atoms with Crippen molar-refractivity contribution in [1.82, 2.24) is 9.80 Å². The molecule has 0 rings (SSSR count). The Labute approximate surface area is 110 Å². The van der Waals surface area contributed by atoms with Gasteiger partial charge in [-0.3, -0.25) is 9.59 Å². The molecule has 0 N–H and O–H groups in total. The van der Waals surface area contributed by atoms with Crippen LogP contribution in [-0.4, -0.2) is 35.7 Å². The molecule has 2 amide bonds. The number of amides is 2. The van der Waals surface area contributed by atoms with Gasteiger partial charge in [-0.05, 0) is 25.2 Å². The second kappa shape index (κ2) is 11.9. The highest BCUT2D eigenvalue weighted by atomic mass is 16.1. The molecule has 0 aliphatic rings. The average molecular weight is 252 g/mol. The van der Waals surface area contributed by atoms with Crippen molar-refractivity contribution in [3.05, 3.63) is 25.6 Å². The van der Waals surface area contributed by atoms with Crippen LogP contribution < -0.4 is 0 Å². The van der Waals surface area contributed by atoms with Crippen molar-refractivity contribution >= 4 is 12.8 Å². The van der Waals surface area contributed by atoms with E-state index in [0.29, 0.717) is 0 Å². The first-order valence-corrected chi connectivity index (χ1v) is 6.45. The summed E-state index contributed by atoms with van der Waals surface area (Å²) in [6, 6.07) is 0. The molecule has 18 heavy (non-hydrogen) atoms. The number of carbonyl (C=O) groups excluding carboxylic acids is 2. The lowest BCUT2D eigenvalue weighted by Crippen LogP contribution is -2.15. The van der Waals surface area contributed by atoms with Crippen molar-refractivity contribution < 1.29 is 9.59 Å². The number of hydrogen-bond acceptors (Lipinski definition) is 2. The minimum Gasteiger partial charge on any atom is -0.322 e. The molecule has 0 unspecified atom stereocenters. The van der Waals surface area contributed by atoms with Crippen LogP contribution in [0.2, 0.25) is 0 Å². The summed E-state index contributed by atoms with van der Waals surface area (Å²) in [6.07, 6.45) is 11.3. The van der Waals surface area contributed by atoms with Crippen LogP contribution in [0.15, 0.2) is 25.6 Å². The Hall–Kier alpha value is -1.58. The van der Waals surface area contributed by atoms with Gasteiger partial charge in [-0.1, -0.05) is 38.8 Å². The van der Waals surface area contributed by atoms with Crippen molar-refractivity contribution in [1.29, 1.82) is 0 Å². The van der Waals surface area contributed by atoms with E-state index >= 15 is 0 Å². The third-order valence-corrected chi connectivity index (χ3v) is 2.82. The third kappa shape index (κ3) is 8.56. The van der Waals surface area contributed by atoms with Crippen LogP contribution in [0, 0.1) is 0 Å². The van der Waals surface area contributed by atoms with Gasteiger partial charge in [0, 0.05) is 13.1 Å². The van der Waals surface area contributed by atoms with E-state index in [9.17, 15) is 9.59 Å². The molecular weight excluding hydrogens is 228 g/mol. The molecule has 0 aromatic heterocycles. The van der Waals surface area contributed by atoms with E-state index in [-0.39, 0.29) is 0 Å². The van der Waals surface area contributed by atoms with E-state index in [0.717, 1.165) is 51.6 Å². The topological polar surface area (TPSA) is 40.6 Å². The lowest BCUT2D eigenvalue weighted by molar-refractivity contribution is -0.116. The van der Waals surface area contributed by atoms with E-state index in [2.05, 4.69) is 13.2 Å². The second-order valence-corrected chi connectivity index (χ2v) is 4.17. The Morgan fingerprint density at radius 1 is 0.667 bits per heavy atom. The summed E-state index contributed by atoms with van der Waals surface area (Å²) < 4.78 is 0. The van der Waals surface area contributed by atoms with Crippen molar-refractivity contribution in [2.75, 3.05) is 13.1 Å². The minimum atomic E-state index is 0.752. The largest absolute Gasteiger partial charge is 0.322 e. The molecule has 0 atom stereocenters. The highest BCUT2D eigenvalue weighted by Gasteiger charge is 1.97. The van der Waals surface area contributed by atoms with Gasteiger partial charge in [-0.2, -0.15) is 0 Å². The monoisotopic (exact) mass is 252 g/mol. The van der Waals surface area contributed by atoms with Crippen LogP contribution in [0.1, 0.15) is 38.5 Å². The first-order valence-electron chi connectivity index (χ1n) is 6.45. The van der Waals surface area contributed by atoms with Crippen molar-refractivity contribution in [2.24, 2.45) is 0 Å². The number of unbranched alkanes of at least 4 members (excludes halogenated alkanes) is 5. The molecule has 4 heteroatoms. The number of hydrogen-bond donors (Lipinski definition) is 0. The van der Waals surface area contributed by atoms with Gasteiger partial charge in [0.1, 0.15) is 0 Å². The average Bonchev–Trinajstić information content (AvgIpc) is 2.41. The van der Waals surface area contributed by atoms with Gasteiger partial charge >= 0.3 is 0 Å². The van der Waals surface area contributed by atoms with Crippen LogP contribution in [0.3, 0.4) is 0 Å². The summed E-state index contributed by atoms with van der Waals surface area (Å²) >= 11 is 0. The maximum absolute atomic E-state index is 10.5. The smallest absolute Gasteiger partial charge is 0.213 e. The van der Waals surface area contributed by atoms with Crippen LogP contribution in [-0.2, 0) is 9.59 Å². The van der Waals surface area contributed by atoms with Gasteiger partial charge < -0.3 is 9.80 Å². The SMILES string of the molecule is C=CN(C=O)CCCCCCCCN(C=C)C=O. The second-order valence-electron chi connectivity index (χ2n) is 4.17.